The fraction of sp³-hybridized carbons (Fsp3) is 0.632. The molecule has 1 heterocycles. The van der Waals surface area contributed by atoms with Gasteiger partial charge in [0.05, 0.1) is 6.61 Å². The smallest absolute Gasteiger partial charge is 0.332 e. The van der Waals surface area contributed by atoms with Crippen LogP contribution in [0.3, 0.4) is 0 Å². The van der Waals surface area contributed by atoms with Gasteiger partial charge in [-0.15, -0.1) is 23.5 Å². The van der Waals surface area contributed by atoms with Gasteiger partial charge in [-0.25, -0.2) is 4.79 Å². The van der Waals surface area contributed by atoms with Crippen LogP contribution in [0.2, 0.25) is 0 Å². The highest BCUT2D eigenvalue weighted by Gasteiger charge is 2.49. The number of aryl methyl sites for hydroxylation is 1. The summed E-state index contributed by atoms with van der Waals surface area (Å²) in [7, 11) is 0. The molecule has 2 nitrogen and oxygen atoms in total. The van der Waals surface area contributed by atoms with Gasteiger partial charge in [-0.1, -0.05) is 30.3 Å². The van der Waals surface area contributed by atoms with Gasteiger partial charge in [0, 0.05) is 0 Å². The molecule has 0 radical (unpaired) electrons. The van der Waals surface area contributed by atoms with Crippen LogP contribution in [0.25, 0.3) is 0 Å². The Morgan fingerprint density at radius 3 is 2.65 bits per heavy atom. The first-order chi connectivity index (χ1) is 11.2. The second kappa shape index (κ2) is 7.98. The predicted octanol–water partition coefficient (Wildman–Crippen LogP) is 4.77. The fourth-order valence-electron chi connectivity index (χ4n) is 3.39. The van der Waals surface area contributed by atoms with Gasteiger partial charge in [-0.3, -0.25) is 0 Å². The maximum absolute atomic E-state index is 12.5. The molecule has 2 atom stereocenters. The van der Waals surface area contributed by atoms with Crippen molar-refractivity contribution in [2.75, 3.05) is 18.1 Å². The zero-order valence-corrected chi connectivity index (χ0v) is 15.5. The lowest BCUT2D eigenvalue weighted by molar-refractivity contribution is -0.143. The van der Waals surface area contributed by atoms with Gasteiger partial charge in [-0.05, 0) is 67.9 Å². The molecule has 1 aromatic carbocycles. The van der Waals surface area contributed by atoms with Crippen molar-refractivity contribution in [2.24, 2.45) is 11.8 Å². The molecular formula is C19H26O2S2. The first kappa shape index (κ1) is 17.2. The van der Waals surface area contributed by atoms with Crippen molar-refractivity contribution in [3.63, 3.8) is 0 Å². The van der Waals surface area contributed by atoms with Crippen LogP contribution in [0, 0.1) is 11.8 Å². The topological polar surface area (TPSA) is 26.3 Å². The van der Waals surface area contributed by atoms with Gasteiger partial charge < -0.3 is 4.74 Å². The minimum atomic E-state index is -0.319. The highest BCUT2D eigenvalue weighted by molar-refractivity contribution is 8.19. The molecule has 3 rings (SSSR count). The van der Waals surface area contributed by atoms with Crippen LogP contribution in [0.5, 0.6) is 0 Å². The SMILES string of the molecule is CCOC(=O)C1(C[C@H]2C[C@@H]2CCc2ccccc2)SCCCS1. The maximum atomic E-state index is 12.5. The van der Waals surface area contributed by atoms with Crippen molar-refractivity contribution in [3.05, 3.63) is 35.9 Å². The van der Waals surface area contributed by atoms with E-state index in [1.54, 1.807) is 0 Å². The molecule has 0 unspecified atom stereocenters. The Hall–Kier alpha value is -0.610. The average molecular weight is 351 g/mol. The van der Waals surface area contributed by atoms with Crippen LogP contribution in [0.15, 0.2) is 30.3 Å². The van der Waals surface area contributed by atoms with E-state index >= 15 is 0 Å². The van der Waals surface area contributed by atoms with Crippen molar-refractivity contribution in [3.8, 4) is 0 Å². The molecule has 0 aromatic heterocycles. The highest BCUT2D eigenvalue weighted by atomic mass is 32.2. The molecule has 0 N–H and O–H groups in total. The first-order valence-corrected chi connectivity index (χ1v) is 10.7. The summed E-state index contributed by atoms with van der Waals surface area (Å²) in [5.74, 6) is 3.70. The van der Waals surface area contributed by atoms with Crippen LogP contribution < -0.4 is 0 Å². The second-order valence-electron chi connectivity index (χ2n) is 6.51. The predicted molar refractivity (Wildman–Crippen MR) is 99.9 cm³/mol. The monoisotopic (exact) mass is 350 g/mol. The Balaban J connectivity index is 1.52. The number of hydrogen-bond acceptors (Lipinski definition) is 4. The van der Waals surface area contributed by atoms with E-state index in [9.17, 15) is 4.79 Å². The third-order valence-electron chi connectivity index (χ3n) is 4.79. The minimum Gasteiger partial charge on any atom is -0.464 e. The molecule has 126 valence electrons. The lowest BCUT2D eigenvalue weighted by Gasteiger charge is -2.33. The van der Waals surface area contributed by atoms with E-state index in [4.69, 9.17) is 4.74 Å². The number of carbonyl (C=O) groups is 1. The van der Waals surface area contributed by atoms with E-state index in [2.05, 4.69) is 30.3 Å². The summed E-state index contributed by atoms with van der Waals surface area (Å²) in [4.78, 5) is 12.5. The Labute approximate surface area is 148 Å². The lowest BCUT2D eigenvalue weighted by Crippen LogP contribution is -2.37. The van der Waals surface area contributed by atoms with Crippen LogP contribution in [0.1, 0.15) is 38.2 Å². The maximum Gasteiger partial charge on any atom is 0.332 e. The molecule has 1 saturated heterocycles. The molecule has 1 saturated carbocycles. The molecule has 4 heteroatoms. The van der Waals surface area contributed by atoms with Gasteiger partial charge in [0.1, 0.15) is 0 Å². The number of rotatable bonds is 7. The third kappa shape index (κ3) is 4.48. The summed E-state index contributed by atoms with van der Waals surface area (Å²) in [5.41, 5.74) is 1.43. The van der Waals surface area contributed by atoms with Gasteiger partial charge in [0.25, 0.3) is 0 Å². The van der Waals surface area contributed by atoms with Crippen LogP contribution in [0.4, 0.5) is 0 Å². The molecule has 1 aromatic rings. The zero-order chi connectivity index (χ0) is 16.1. The molecule has 0 spiro atoms. The second-order valence-corrected chi connectivity index (χ2v) is 9.55. The van der Waals surface area contributed by atoms with E-state index in [0.29, 0.717) is 12.5 Å². The van der Waals surface area contributed by atoms with Crippen molar-refractivity contribution in [1.29, 1.82) is 0 Å². The number of ether oxygens (including phenoxy) is 1. The number of thioether (sulfide) groups is 2. The number of carbonyl (C=O) groups excluding carboxylic acids is 1. The van der Waals surface area contributed by atoms with E-state index in [-0.39, 0.29) is 10.0 Å². The Morgan fingerprint density at radius 1 is 1.22 bits per heavy atom. The summed E-state index contributed by atoms with van der Waals surface area (Å²) in [6, 6.07) is 10.7. The Morgan fingerprint density at radius 2 is 1.96 bits per heavy atom. The van der Waals surface area contributed by atoms with Gasteiger partial charge in [0.2, 0.25) is 0 Å². The third-order valence-corrected chi connectivity index (χ3v) is 8.08. The van der Waals surface area contributed by atoms with E-state index in [1.165, 1.54) is 24.8 Å². The quantitative estimate of drug-likeness (QED) is 0.661. The van der Waals surface area contributed by atoms with Crippen molar-refractivity contribution in [1.82, 2.24) is 0 Å². The van der Waals surface area contributed by atoms with E-state index in [0.717, 1.165) is 30.3 Å². The summed E-state index contributed by atoms with van der Waals surface area (Å²) in [6.45, 7) is 2.40. The van der Waals surface area contributed by atoms with Crippen LogP contribution in [-0.2, 0) is 16.0 Å². The highest BCUT2D eigenvalue weighted by Crippen LogP contribution is 2.55. The van der Waals surface area contributed by atoms with Gasteiger partial charge in [0.15, 0.2) is 4.08 Å². The fourth-order valence-corrected chi connectivity index (χ4v) is 6.66. The minimum absolute atomic E-state index is 0.0170. The van der Waals surface area contributed by atoms with Crippen LogP contribution >= 0.6 is 23.5 Å². The molecule has 2 fully saturated rings. The average Bonchev–Trinajstić information content (AvgIpc) is 3.33. The summed E-state index contributed by atoms with van der Waals surface area (Å²) >= 11 is 3.66. The number of hydrogen-bond donors (Lipinski definition) is 0. The lowest BCUT2D eigenvalue weighted by atomic mass is 10.1. The van der Waals surface area contributed by atoms with Gasteiger partial charge in [-0.2, -0.15) is 0 Å². The summed E-state index contributed by atoms with van der Waals surface area (Å²) in [6.07, 6.45) is 5.91. The molecule has 0 bridgehead atoms. The zero-order valence-electron chi connectivity index (χ0n) is 13.8. The normalized spacial score (nSPS) is 25.8. The van der Waals surface area contributed by atoms with E-state index < -0.39 is 0 Å². The largest absolute Gasteiger partial charge is 0.464 e. The molecule has 0 amide bonds. The molecular weight excluding hydrogens is 324 g/mol. The van der Waals surface area contributed by atoms with Crippen molar-refractivity contribution < 1.29 is 9.53 Å². The number of benzene rings is 1. The standard InChI is InChI=1S/C19H26O2S2/c1-2-21-18(20)19(22-11-6-12-23-19)14-17-13-16(17)10-9-15-7-4-3-5-8-15/h3-5,7-8,16-17H,2,6,9-14H2,1H3/t16-,17+/m0/s1. The summed E-state index contributed by atoms with van der Waals surface area (Å²) in [5, 5.41) is 0. The Kier molecular flexibility index (Phi) is 5.97. The van der Waals surface area contributed by atoms with Crippen LogP contribution in [-0.4, -0.2) is 28.2 Å². The molecule has 2 aliphatic rings. The molecule has 1 aliphatic heterocycles. The van der Waals surface area contributed by atoms with Crippen molar-refractivity contribution in [2.45, 2.75) is 43.1 Å². The van der Waals surface area contributed by atoms with Gasteiger partial charge >= 0.3 is 5.97 Å². The number of esters is 1. The molecule has 1 aliphatic carbocycles. The molecule has 23 heavy (non-hydrogen) atoms. The Bertz CT molecular complexity index is 511. The first-order valence-electron chi connectivity index (χ1n) is 8.72. The summed E-state index contributed by atoms with van der Waals surface area (Å²) < 4.78 is 5.08. The van der Waals surface area contributed by atoms with E-state index in [1.807, 2.05) is 30.4 Å². The van der Waals surface area contributed by atoms with Crippen molar-refractivity contribution >= 4 is 29.5 Å².